The largest absolute Gasteiger partial charge is 0.493 e. The van der Waals surface area contributed by atoms with Gasteiger partial charge in [-0.3, -0.25) is 14.6 Å². The molecule has 0 radical (unpaired) electrons. The number of thiazole rings is 1. The summed E-state index contributed by atoms with van der Waals surface area (Å²) in [6.45, 7) is 0.454. The van der Waals surface area contributed by atoms with E-state index in [2.05, 4.69) is 4.98 Å². The highest BCUT2D eigenvalue weighted by Crippen LogP contribution is 2.29. The van der Waals surface area contributed by atoms with Gasteiger partial charge in [-0.15, -0.1) is 0 Å². The molecule has 4 rings (SSSR count). The number of aromatic amines is 1. The molecule has 2 aromatic carbocycles. The van der Waals surface area contributed by atoms with E-state index in [1.54, 1.807) is 10.6 Å². The van der Waals surface area contributed by atoms with Crippen molar-refractivity contribution in [3.63, 3.8) is 0 Å². The van der Waals surface area contributed by atoms with E-state index < -0.39 is 0 Å². The Morgan fingerprint density at radius 1 is 0.960 bits per heavy atom. The average molecular weight is 350 g/mol. The van der Waals surface area contributed by atoms with Crippen LogP contribution in [0, 0.1) is 0 Å². The quantitative estimate of drug-likeness (QED) is 0.596. The highest BCUT2D eigenvalue weighted by molar-refractivity contribution is 7.13. The Labute approximate surface area is 146 Å². The molecule has 25 heavy (non-hydrogen) atoms. The number of rotatable bonds is 3. The molecule has 2 heterocycles. The number of hydrogen-bond acceptors (Lipinski definition) is 4. The number of aromatic nitrogens is 2. The monoisotopic (exact) mass is 350 g/mol. The predicted molar refractivity (Wildman–Crippen MR) is 99.4 cm³/mol. The first-order valence-electron chi connectivity index (χ1n) is 7.72. The van der Waals surface area contributed by atoms with E-state index in [1.165, 1.54) is 0 Å². The van der Waals surface area contributed by atoms with E-state index in [-0.39, 0.29) is 16.3 Å². The fourth-order valence-corrected chi connectivity index (χ4v) is 3.60. The van der Waals surface area contributed by atoms with Crippen molar-refractivity contribution in [1.29, 1.82) is 0 Å². The van der Waals surface area contributed by atoms with Gasteiger partial charge in [-0.2, -0.15) is 0 Å². The molecular weight excluding hydrogens is 336 g/mol. The summed E-state index contributed by atoms with van der Waals surface area (Å²) in [6.07, 6.45) is 0. The van der Waals surface area contributed by atoms with Crippen LogP contribution in [0.5, 0.6) is 5.88 Å². The lowest BCUT2D eigenvalue weighted by Crippen LogP contribution is -2.19. The third kappa shape index (κ3) is 2.88. The molecule has 124 valence electrons. The van der Waals surface area contributed by atoms with Crippen molar-refractivity contribution in [2.24, 2.45) is 0 Å². The summed E-state index contributed by atoms with van der Waals surface area (Å²) in [4.78, 5) is 26.2. The number of H-pyrrole nitrogens is 1. The van der Waals surface area contributed by atoms with Crippen molar-refractivity contribution in [2.75, 3.05) is 0 Å². The number of nitrogens with one attached hydrogen (secondary N) is 1. The van der Waals surface area contributed by atoms with Crippen molar-refractivity contribution in [3.8, 4) is 16.3 Å². The molecule has 6 heteroatoms. The van der Waals surface area contributed by atoms with Crippen LogP contribution in [-0.4, -0.2) is 14.7 Å². The Morgan fingerprint density at radius 3 is 2.44 bits per heavy atom. The molecule has 0 fully saturated rings. The third-order valence-corrected chi connectivity index (χ3v) is 5.01. The molecule has 0 saturated carbocycles. The van der Waals surface area contributed by atoms with Crippen molar-refractivity contribution in [2.45, 2.75) is 6.54 Å². The van der Waals surface area contributed by atoms with Crippen LogP contribution in [0.4, 0.5) is 0 Å². The molecule has 0 saturated heterocycles. The summed E-state index contributed by atoms with van der Waals surface area (Å²) in [5, 5.41) is 10.8. The van der Waals surface area contributed by atoms with Crippen LogP contribution in [-0.2, 0) is 6.54 Å². The topological polar surface area (TPSA) is 75.1 Å². The molecule has 0 spiro atoms. The number of para-hydroxylation sites is 1. The molecular formula is C19H14N2O3S. The van der Waals surface area contributed by atoms with Gasteiger partial charge in [0.05, 0.1) is 16.9 Å². The van der Waals surface area contributed by atoms with Crippen LogP contribution in [0.25, 0.3) is 21.3 Å². The Kier molecular flexibility index (Phi) is 3.74. The predicted octanol–water partition coefficient (Wildman–Crippen LogP) is 3.17. The van der Waals surface area contributed by atoms with Crippen LogP contribution in [0.2, 0.25) is 0 Å². The van der Waals surface area contributed by atoms with E-state index >= 15 is 0 Å². The average Bonchev–Trinajstić information content (AvgIpc) is 2.96. The summed E-state index contributed by atoms with van der Waals surface area (Å²) in [7, 11) is 0. The molecule has 0 aliphatic rings. The van der Waals surface area contributed by atoms with Crippen LogP contribution >= 0.6 is 11.3 Å². The molecule has 0 bridgehead atoms. The van der Waals surface area contributed by atoms with Crippen LogP contribution in [0.15, 0.2) is 70.3 Å². The van der Waals surface area contributed by atoms with E-state index in [9.17, 15) is 14.7 Å². The van der Waals surface area contributed by atoms with Crippen LogP contribution < -0.4 is 10.4 Å². The summed E-state index contributed by atoms with van der Waals surface area (Å²) in [6, 6.07) is 18.6. The van der Waals surface area contributed by atoms with E-state index in [0.29, 0.717) is 11.4 Å². The molecule has 0 amide bonds. The second-order valence-corrected chi connectivity index (χ2v) is 6.69. The van der Waals surface area contributed by atoms with Gasteiger partial charge in [-0.1, -0.05) is 53.8 Å². The zero-order chi connectivity index (χ0) is 17.4. The zero-order valence-corrected chi connectivity index (χ0v) is 13.9. The van der Waals surface area contributed by atoms with Gasteiger partial charge in [-0.25, -0.2) is 0 Å². The fourth-order valence-electron chi connectivity index (χ4n) is 2.87. The van der Waals surface area contributed by atoms with Gasteiger partial charge in [0, 0.05) is 6.07 Å². The maximum Gasteiger partial charge on any atom is 0.307 e. The molecule has 0 unspecified atom stereocenters. The maximum atomic E-state index is 12.3. The van der Waals surface area contributed by atoms with Crippen molar-refractivity contribution < 1.29 is 5.11 Å². The van der Waals surface area contributed by atoms with Crippen molar-refractivity contribution in [1.82, 2.24) is 9.55 Å². The molecule has 2 aromatic heterocycles. The molecule has 0 aliphatic carbocycles. The molecule has 0 aliphatic heterocycles. The van der Waals surface area contributed by atoms with Crippen LogP contribution in [0.3, 0.4) is 0 Å². The van der Waals surface area contributed by atoms with Gasteiger partial charge in [0.15, 0.2) is 0 Å². The Balaban J connectivity index is 1.71. The first-order chi connectivity index (χ1) is 12.1. The second kappa shape index (κ2) is 6.07. The van der Waals surface area contributed by atoms with E-state index in [1.807, 2.05) is 54.6 Å². The number of nitrogens with zero attached hydrogens (tertiary/aromatic N) is 1. The first-order valence-corrected chi connectivity index (χ1v) is 8.53. The summed E-state index contributed by atoms with van der Waals surface area (Å²) in [5.74, 6) is -0.118. The Bertz CT molecular complexity index is 1170. The minimum atomic E-state index is -0.293. The van der Waals surface area contributed by atoms with Gasteiger partial charge < -0.3 is 9.67 Å². The number of fused-ring (bicyclic) bond motifs is 1. The minimum absolute atomic E-state index is 0.0516. The van der Waals surface area contributed by atoms with Gasteiger partial charge >= 0.3 is 4.87 Å². The van der Waals surface area contributed by atoms with Crippen LogP contribution in [0.1, 0.15) is 5.56 Å². The number of hydrogen-bond donors (Lipinski definition) is 2. The molecule has 4 aromatic rings. The number of pyridine rings is 1. The summed E-state index contributed by atoms with van der Waals surface area (Å²) < 4.78 is 1.73. The Morgan fingerprint density at radius 2 is 1.72 bits per heavy atom. The van der Waals surface area contributed by atoms with Gasteiger partial charge in [0.25, 0.3) is 5.56 Å². The Hall–Kier alpha value is -3.12. The van der Waals surface area contributed by atoms with Gasteiger partial charge in [0.2, 0.25) is 5.88 Å². The maximum absolute atomic E-state index is 12.3. The lowest BCUT2D eigenvalue weighted by Gasteiger charge is -2.10. The smallest absolute Gasteiger partial charge is 0.307 e. The standard InChI is InChI=1S/C19H14N2O3S/c22-16-10-9-13-3-1-2-4-15(13)21(16)11-12-5-7-14(8-6-12)17-18(23)20-19(24)25-17/h1-10,23H,11H2,(H,20,24). The summed E-state index contributed by atoms with van der Waals surface area (Å²) >= 11 is 0.965. The van der Waals surface area contributed by atoms with E-state index in [4.69, 9.17) is 0 Å². The number of aromatic hydroxyl groups is 1. The minimum Gasteiger partial charge on any atom is -0.493 e. The normalized spacial score (nSPS) is 11.0. The lowest BCUT2D eigenvalue weighted by atomic mass is 10.1. The SMILES string of the molecule is O=c1[nH]c(O)c(-c2ccc(Cn3c(=O)ccc4ccccc43)cc2)s1. The molecule has 2 N–H and O–H groups in total. The van der Waals surface area contributed by atoms with E-state index in [0.717, 1.165) is 33.4 Å². The summed E-state index contributed by atoms with van der Waals surface area (Å²) in [5.41, 5.74) is 2.56. The highest BCUT2D eigenvalue weighted by atomic mass is 32.1. The lowest BCUT2D eigenvalue weighted by molar-refractivity contribution is 0.458. The third-order valence-electron chi connectivity index (χ3n) is 4.09. The van der Waals surface area contributed by atoms with Crippen molar-refractivity contribution >= 4 is 22.2 Å². The molecule has 5 nitrogen and oxygen atoms in total. The fraction of sp³-hybridized carbons (Fsp3) is 0.0526. The highest BCUT2D eigenvalue weighted by Gasteiger charge is 2.09. The zero-order valence-electron chi connectivity index (χ0n) is 13.1. The molecule has 0 atom stereocenters. The van der Waals surface area contributed by atoms with Crippen molar-refractivity contribution in [3.05, 3.63) is 86.2 Å². The number of benzene rings is 2. The van der Waals surface area contributed by atoms with Gasteiger partial charge in [0.1, 0.15) is 0 Å². The second-order valence-electron chi connectivity index (χ2n) is 5.71. The first kappa shape index (κ1) is 15.4. The van der Waals surface area contributed by atoms with Gasteiger partial charge in [-0.05, 0) is 28.6 Å².